The van der Waals surface area contributed by atoms with Gasteiger partial charge in [-0.15, -0.1) is 0 Å². The molecule has 2 unspecified atom stereocenters. The Labute approximate surface area is 150 Å². The van der Waals surface area contributed by atoms with Crippen molar-refractivity contribution in [2.75, 3.05) is 19.4 Å². The maximum absolute atomic E-state index is 12.4. The molecule has 0 radical (unpaired) electrons. The number of aryl methyl sites for hydroxylation is 1. The average molecular weight is 365 g/mol. The Hall–Kier alpha value is -1.44. The van der Waals surface area contributed by atoms with Gasteiger partial charge in [-0.3, -0.25) is 4.79 Å². The summed E-state index contributed by atoms with van der Waals surface area (Å²) >= 11 is 0. The molecule has 1 aromatic carbocycles. The van der Waals surface area contributed by atoms with Crippen molar-refractivity contribution < 1.29 is 13.2 Å². The van der Waals surface area contributed by atoms with Gasteiger partial charge >= 0.3 is 0 Å². The number of anilines is 1. The smallest absolute Gasteiger partial charge is 0.242 e. The van der Waals surface area contributed by atoms with Crippen molar-refractivity contribution in [2.45, 2.75) is 56.0 Å². The van der Waals surface area contributed by atoms with Crippen molar-refractivity contribution in [3.63, 3.8) is 0 Å². The van der Waals surface area contributed by atoms with Crippen LogP contribution in [0.3, 0.4) is 0 Å². The minimum absolute atomic E-state index is 0.0386. The topological polar surface area (TPSA) is 78.5 Å². The zero-order valence-corrected chi connectivity index (χ0v) is 15.9. The number of benzene rings is 1. The van der Waals surface area contributed by atoms with Gasteiger partial charge in [-0.25, -0.2) is 12.7 Å². The standard InChI is InChI=1S/C18H27N3O3S/c1-12-4-5-16(11-17(12)25(23,24)21(2)3)20-18(22)10-13-8-14-6-7-15(9-13)19-14/h4-5,11,13-15,19H,6-10H2,1-3H3,(H,20,22). The summed E-state index contributed by atoms with van der Waals surface area (Å²) in [4.78, 5) is 12.6. The van der Waals surface area contributed by atoms with E-state index in [1.54, 1.807) is 25.1 Å². The summed E-state index contributed by atoms with van der Waals surface area (Å²) in [5.74, 6) is 0.373. The van der Waals surface area contributed by atoms with Gasteiger partial charge in [0.1, 0.15) is 0 Å². The predicted molar refractivity (Wildman–Crippen MR) is 98.0 cm³/mol. The minimum Gasteiger partial charge on any atom is -0.326 e. The lowest BCUT2D eigenvalue weighted by molar-refractivity contribution is -0.117. The zero-order chi connectivity index (χ0) is 18.2. The van der Waals surface area contributed by atoms with Crippen LogP contribution in [0.4, 0.5) is 5.69 Å². The van der Waals surface area contributed by atoms with E-state index < -0.39 is 10.0 Å². The van der Waals surface area contributed by atoms with E-state index in [2.05, 4.69) is 10.6 Å². The molecule has 2 fully saturated rings. The molecule has 2 heterocycles. The maximum atomic E-state index is 12.4. The molecule has 1 amide bonds. The fourth-order valence-corrected chi connectivity index (χ4v) is 5.11. The van der Waals surface area contributed by atoms with E-state index in [0.29, 0.717) is 35.7 Å². The summed E-state index contributed by atoms with van der Waals surface area (Å²) in [5.41, 5.74) is 1.20. The number of carbonyl (C=O) groups is 1. The molecule has 2 saturated heterocycles. The first kappa shape index (κ1) is 18.4. The summed E-state index contributed by atoms with van der Waals surface area (Å²) in [7, 11) is -0.515. The highest BCUT2D eigenvalue weighted by Gasteiger charge is 2.34. The monoisotopic (exact) mass is 365 g/mol. The second kappa shape index (κ2) is 7.05. The first-order valence-corrected chi connectivity index (χ1v) is 10.3. The van der Waals surface area contributed by atoms with Gasteiger partial charge in [-0.2, -0.15) is 0 Å². The number of sulfonamides is 1. The fourth-order valence-electron chi connectivity index (χ4n) is 3.97. The first-order valence-electron chi connectivity index (χ1n) is 8.85. The van der Waals surface area contributed by atoms with E-state index in [9.17, 15) is 13.2 Å². The molecular weight excluding hydrogens is 338 g/mol. The zero-order valence-electron chi connectivity index (χ0n) is 15.1. The van der Waals surface area contributed by atoms with Crippen LogP contribution in [0.5, 0.6) is 0 Å². The second-order valence-electron chi connectivity index (χ2n) is 7.50. The molecule has 2 N–H and O–H groups in total. The third kappa shape index (κ3) is 4.04. The third-order valence-electron chi connectivity index (χ3n) is 5.28. The Morgan fingerprint density at radius 1 is 1.24 bits per heavy atom. The fraction of sp³-hybridized carbons (Fsp3) is 0.611. The van der Waals surface area contributed by atoms with Crippen LogP contribution in [0.2, 0.25) is 0 Å². The van der Waals surface area contributed by atoms with Gasteiger partial charge in [0, 0.05) is 38.3 Å². The highest BCUT2D eigenvalue weighted by atomic mass is 32.2. The molecule has 0 saturated carbocycles. The highest BCUT2D eigenvalue weighted by molar-refractivity contribution is 7.89. The van der Waals surface area contributed by atoms with Gasteiger partial charge in [-0.1, -0.05) is 6.07 Å². The van der Waals surface area contributed by atoms with Crippen molar-refractivity contribution in [1.29, 1.82) is 0 Å². The molecule has 1 aromatic rings. The number of nitrogens with one attached hydrogen (secondary N) is 2. The lowest BCUT2D eigenvalue weighted by Gasteiger charge is -2.28. The number of piperidine rings is 1. The molecule has 3 rings (SSSR count). The van der Waals surface area contributed by atoms with E-state index in [1.165, 1.54) is 31.2 Å². The molecule has 138 valence electrons. The van der Waals surface area contributed by atoms with Gasteiger partial charge in [0.2, 0.25) is 15.9 Å². The summed E-state index contributed by atoms with van der Waals surface area (Å²) in [6.07, 6.45) is 5.04. The summed E-state index contributed by atoms with van der Waals surface area (Å²) in [5, 5.41) is 6.46. The highest BCUT2D eigenvalue weighted by Crippen LogP contribution is 2.33. The average Bonchev–Trinajstić information content (AvgIpc) is 2.87. The number of hydrogen-bond donors (Lipinski definition) is 2. The second-order valence-corrected chi connectivity index (χ2v) is 9.62. The van der Waals surface area contributed by atoms with Crippen LogP contribution in [0, 0.1) is 12.8 Å². The Morgan fingerprint density at radius 2 is 1.88 bits per heavy atom. The largest absolute Gasteiger partial charge is 0.326 e. The Bertz CT molecular complexity index is 749. The van der Waals surface area contributed by atoms with Gasteiger partial charge < -0.3 is 10.6 Å². The minimum atomic E-state index is -3.53. The molecule has 0 aliphatic carbocycles. The molecule has 6 nitrogen and oxygen atoms in total. The van der Waals surface area contributed by atoms with Crippen LogP contribution >= 0.6 is 0 Å². The molecule has 2 aliphatic rings. The van der Waals surface area contributed by atoms with Gasteiger partial charge in [0.05, 0.1) is 4.90 Å². The number of amides is 1. The Balaban J connectivity index is 1.67. The van der Waals surface area contributed by atoms with Gasteiger partial charge in [-0.05, 0) is 56.2 Å². The lowest BCUT2D eigenvalue weighted by Crippen LogP contribution is -2.39. The molecule has 7 heteroatoms. The van der Waals surface area contributed by atoms with E-state index in [-0.39, 0.29) is 10.8 Å². The maximum Gasteiger partial charge on any atom is 0.242 e. The van der Waals surface area contributed by atoms with Gasteiger partial charge in [0.25, 0.3) is 0 Å². The van der Waals surface area contributed by atoms with Crippen molar-refractivity contribution in [3.05, 3.63) is 23.8 Å². The van der Waals surface area contributed by atoms with Crippen LogP contribution in [-0.4, -0.2) is 44.8 Å². The SMILES string of the molecule is Cc1ccc(NC(=O)CC2CC3CCC(C2)N3)cc1S(=O)(=O)N(C)C. The lowest BCUT2D eigenvalue weighted by atomic mass is 9.89. The first-order chi connectivity index (χ1) is 11.8. The van der Waals surface area contributed by atoms with E-state index in [4.69, 9.17) is 0 Å². The van der Waals surface area contributed by atoms with Crippen LogP contribution in [-0.2, 0) is 14.8 Å². The van der Waals surface area contributed by atoms with Crippen molar-refractivity contribution in [3.8, 4) is 0 Å². The van der Waals surface area contributed by atoms with E-state index >= 15 is 0 Å². The van der Waals surface area contributed by atoms with E-state index in [0.717, 1.165) is 12.8 Å². The van der Waals surface area contributed by atoms with Crippen LogP contribution < -0.4 is 10.6 Å². The normalized spacial score (nSPS) is 26.0. The molecule has 2 bridgehead atoms. The van der Waals surface area contributed by atoms with Crippen LogP contribution in [0.1, 0.15) is 37.7 Å². The van der Waals surface area contributed by atoms with Gasteiger partial charge in [0.15, 0.2) is 0 Å². The molecule has 0 spiro atoms. The Morgan fingerprint density at radius 3 is 2.48 bits per heavy atom. The number of rotatable bonds is 5. The third-order valence-corrected chi connectivity index (χ3v) is 7.23. The molecule has 0 aromatic heterocycles. The van der Waals surface area contributed by atoms with E-state index in [1.807, 2.05) is 0 Å². The predicted octanol–water partition coefficient (Wildman–Crippen LogP) is 2.10. The number of hydrogen-bond acceptors (Lipinski definition) is 4. The summed E-state index contributed by atoms with van der Waals surface area (Å²) in [6, 6.07) is 6.17. The van der Waals surface area contributed by atoms with Crippen LogP contribution in [0.25, 0.3) is 0 Å². The molecule has 25 heavy (non-hydrogen) atoms. The number of fused-ring (bicyclic) bond motifs is 2. The summed E-state index contributed by atoms with van der Waals surface area (Å²) in [6.45, 7) is 1.76. The molecule has 2 atom stereocenters. The van der Waals surface area contributed by atoms with Crippen molar-refractivity contribution in [1.82, 2.24) is 9.62 Å². The van der Waals surface area contributed by atoms with Crippen molar-refractivity contribution in [2.24, 2.45) is 5.92 Å². The summed E-state index contributed by atoms with van der Waals surface area (Å²) < 4.78 is 26.0. The molecular formula is C18H27N3O3S. The number of carbonyl (C=O) groups excluding carboxylic acids is 1. The number of nitrogens with zero attached hydrogens (tertiary/aromatic N) is 1. The quantitative estimate of drug-likeness (QED) is 0.838. The Kier molecular flexibility index (Phi) is 5.18. The molecule has 2 aliphatic heterocycles. The van der Waals surface area contributed by atoms with Crippen molar-refractivity contribution >= 4 is 21.6 Å². The van der Waals surface area contributed by atoms with Crippen LogP contribution in [0.15, 0.2) is 23.1 Å².